The summed E-state index contributed by atoms with van der Waals surface area (Å²) in [5.74, 6) is 0. The van der Waals surface area contributed by atoms with Crippen molar-refractivity contribution in [2.75, 3.05) is 31.1 Å². The SMILES string of the molecule is N#Cc1ccccc1N1CCC(NCCN)CC1. The highest BCUT2D eigenvalue weighted by Gasteiger charge is 2.20. The fraction of sp³-hybridized carbons (Fsp3) is 0.500. The highest BCUT2D eigenvalue weighted by Crippen LogP contribution is 2.23. The number of hydrogen-bond donors (Lipinski definition) is 2. The van der Waals surface area contributed by atoms with Gasteiger partial charge in [-0.3, -0.25) is 0 Å². The van der Waals surface area contributed by atoms with Crippen molar-refractivity contribution in [2.45, 2.75) is 18.9 Å². The van der Waals surface area contributed by atoms with E-state index in [1.807, 2.05) is 24.3 Å². The van der Waals surface area contributed by atoms with Crippen LogP contribution in [0.3, 0.4) is 0 Å². The number of anilines is 1. The molecule has 1 aromatic rings. The summed E-state index contributed by atoms with van der Waals surface area (Å²) in [5.41, 5.74) is 7.33. The fourth-order valence-electron chi connectivity index (χ4n) is 2.46. The summed E-state index contributed by atoms with van der Waals surface area (Å²) in [7, 11) is 0. The maximum atomic E-state index is 9.11. The van der Waals surface area contributed by atoms with Gasteiger partial charge in [-0.1, -0.05) is 12.1 Å². The van der Waals surface area contributed by atoms with Crippen LogP contribution in [-0.2, 0) is 0 Å². The Kier molecular flexibility index (Phi) is 4.57. The zero-order valence-electron chi connectivity index (χ0n) is 10.6. The van der Waals surface area contributed by atoms with Crippen molar-refractivity contribution in [1.29, 1.82) is 5.26 Å². The molecule has 4 nitrogen and oxygen atoms in total. The van der Waals surface area contributed by atoms with Crippen LogP contribution in [0.25, 0.3) is 0 Å². The van der Waals surface area contributed by atoms with Crippen molar-refractivity contribution in [2.24, 2.45) is 5.73 Å². The molecule has 0 aromatic heterocycles. The molecular formula is C14H20N4. The van der Waals surface area contributed by atoms with Crippen LogP contribution in [0.1, 0.15) is 18.4 Å². The molecule has 4 heteroatoms. The van der Waals surface area contributed by atoms with Crippen molar-refractivity contribution >= 4 is 5.69 Å². The zero-order valence-corrected chi connectivity index (χ0v) is 10.6. The Balaban J connectivity index is 1.95. The van der Waals surface area contributed by atoms with E-state index in [1.165, 1.54) is 0 Å². The maximum Gasteiger partial charge on any atom is 0.101 e. The predicted molar refractivity (Wildman–Crippen MR) is 73.4 cm³/mol. The minimum atomic E-state index is 0.569. The largest absolute Gasteiger partial charge is 0.370 e. The molecule has 1 aromatic carbocycles. The van der Waals surface area contributed by atoms with E-state index in [0.717, 1.165) is 43.7 Å². The monoisotopic (exact) mass is 244 g/mol. The highest BCUT2D eigenvalue weighted by atomic mass is 15.1. The lowest BCUT2D eigenvalue weighted by Gasteiger charge is -2.34. The Bertz CT molecular complexity index is 416. The summed E-state index contributed by atoms with van der Waals surface area (Å²) in [6, 6.07) is 10.7. The van der Waals surface area contributed by atoms with Crippen LogP contribution in [-0.4, -0.2) is 32.2 Å². The van der Waals surface area contributed by atoms with Gasteiger partial charge in [-0.05, 0) is 25.0 Å². The molecule has 0 spiro atoms. The van der Waals surface area contributed by atoms with Crippen molar-refractivity contribution in [1.82, 2.24) is 5.32 Å². The zero-order chi connectivity index (χ0) is 12.8. The van der Waals surface area contributed by atoms with Gasteiger partial charge in [-0.2, -0.15) is 5.26 Å². The topological polar surface area (TPSA) is 65.1 Å². The second-order valence-corrected chi connectivity index (χ2v) is 4.63. The minimum absolute atomic E-state index is 0.569. The van der Waals surface area contributed by atoms with Gasteiger partial charge < -0.3 is 16.0 Å². The molecule has 1 heterocycles. The van der Waals surface area contributed by atoms with E-state index in [0.29, 0.717) is 12.6 Å². The quantitative estimate of drug-likeness (QED) is 0.831. The lowest BCUT2D eigenvalue weighted by molar-refractivity contribution is 0.419. The Morgan fingerprint density at radius 1 is 1.33 bits per heavy atom. The van der Waals surface area contributed by atoms with Crippen molar-refractivity contribution in [3.63, 3.8) is 0 Å². The van der Waals surface area contributed by atoms with Crippen molar-refractivity contribution in [3.8, 4) is 6.07 Å². The predicted octanol–water partition coefficient (Wildman–Crippen LogP) is 1.08. The molecule has 1 aliphatic heterocycles. The number of benzene rings is 1. The van der Waals surface area contributed by atoms with Crippen LogP contribution in [0.5, 0.6) is 0 Å². The van der Waals surface area contributed by atoms with Crippen LogP contribution < -0.4 is 16.0 Å². The number of nitrogens with one attached hydrogen (secondary N) is 1. The van der Waals surface area contributed by atoms with E-state index in [-0.39, 0.29) is 0 Å². The van der Waals surface area contributed by atoms with Gasteiger partial charge in [0.1, 0.15) is 6.07 Å². The third-order valence-electron chi connectivity index (χ3n) is 3.44. The first-order valence-corrected chi connectivity index (χ1v) is 6.52. The number of piperidine rings is 1. The van der Waals surface area contributed by atoms with E-state index >= 15 is 0 Å². The standard InChI is InChI=1S/C14H20N4/c15-7-8-17-13-5-9-18(10-6-13)14-4-2-1-3-12(14)11-16/h1-4,13,17H,5-10,15H2. The molecule has 0 radical (unpaired) electrons. The van der Waals surface area contributed by atoms with Gasteiger partial charge >= 0.3 is 0 Å². The first kappa shape index (κ1) is 12.9. The average molecular weight is 244 g/mol. The van der Waals surface area contributed by atoms with Crippen LogP contribution in [0.4, 0.5) is 5.69 Å². The Hall–Kier alpha value is -1.57. The van der Waals surface area contributed by atoms with Gasteiger partial charge in [-0.15, -0.1) is 0 Å². The van der Waals surface area contributed by atoms with E-state index < -0.39 is 0 Å². The second kappa shape index (κ2) is 6.39. The van der Waals surface area contributed by atoms with Gasteiger partial charge in [0, 0.05) is 32.2 Å². The van der Waals surface area contributed by atoms with E-state index in [4.69, 9.17) is 11.0 Å². The average Bonchev–Trinajstić information content (AvgIpc) is 2.45. The number of nitrogens with two attached hydrogens (primary N) is 1. The molecule has 0 atom stereocenters. The van der Waals surface area contributed by atoms with Crippen molar-refractivity contribution < 1.29 is 0 Å². The molecule has 0 aliphatic carbocycles. The molecule has 96 valence electrons. The fourth-order valence-corrected chi connectivity index (χ4v) is 2.46. The van der Waals surface area contributed by atoms with Crippen molar-refractivity contribution in [3.05, 3.63) is 29.8 Å². The van der Waals surface area contributed by atoms with Crippen LogP contribution in [0, 0.1) is 11.3 Å². The summed E-state index contributed by atoms with van der Waals surface area (Å²) in [6.45, 7) is 3.58. The second-order valence-electron chi connectivity index (χ2n) is 4.63. The van der Waals surface area contributed by atoms with Gasteiger partial charge in [0.05, 0.1) is 11.3 Å². The summed E-state index contributed by atoms with van der Waals surface area (Å²) >= 11 is 0. The summed E-state index contributed by atoms with van der Waals surface area (Å²) in [4.78, 5) is 2.30. The summed E-state index contributed by atoms with van der Waals surface area (Å²) in [6.07, 6.45) is 2.22. The van der Waals surface area contributed by atoms with Gasteiger partial charge in [-0.25, -0.2) is 0 Å². The molecule has 3 N–H and O–H groups in total. The third kappa shape index (κ3) is 3.00. The van der Waals surface area contributed by atoms with Crippen LogP contribution >= 0.6 is 0 Å². The number of rotatable bonds is 4. The number of nitriles is 1. The lowest BCUT2D eigenvalue weighted by atomic mass is 10.0. The third-order valence-corrected chi connectivity index (χ3v) is 3.44. The molecule has 0 unspecified atom stereocenters. The molecule has 18 heavy (non-hydrogen) atoms. The Morgan fingerprint density at radius 2 is 2.06 bits per heavy atom. The molecule has 0 bridgehead atoms. The maximum absolute atomic E-state index is 9.11. The smallest absolute Gasteiger partial charge is 0.101 e. The van der Waals surface area contributed by atoms with E-state index in [2.05, 4.69) is 16.3 Å². The highest BCUT2D eigenvalue weighted by molar-refractivity contribution is 5.59. The summed E-state index contributed by atoms with van der Waals surface area (Å²) in [5, 5.41) is 12.6. The van der Waals surface area contributed by atoms with E-state index in [9.17, 15) is 0 Å². The normalized spacial score (nSPS) is 16.6. The molecule has 0 amide bonds. The molecule has 1 fully saturated rings. The molecule has 1 aliphatic rings. The number of nitrogens with zero attached hydrogens (tertiary/aromatic N) is 2. The van der Waals surface area contributed by atoms with Gasteiger partial charge in [0.2, 0.25) is 0 Å². The van der Waals surface area contributed by atoms with Crippen LogP contribution in [0.15, 0.2) is 24.3 Å². The molecular weight excluding hydrogens is 224 g/mol. The lowest BCUT2D eigenvalue weighted by Crippen LogP contribution is -2.44. The molecule has 2 rings (SSSR count). The summed E-state index contributed by atoms with van der Waals surface area (Å²) < 4.78 is 0. The van der Waals surface area contributed by atoms with Crippen LogP contribution in [0.2, 0.25) is 0 Å². The minimum Gasteiger partial charge on any atom is -0.370 e. The van der Waals surface area contributed by atoms with Gasteiger partial charge in [0.25, 0.3) is 0 Å². The molecule has 1 saturated heterocycles. The first-order chi connectivity index (χ1) is 8.85. The first-order valence-electron chi connectivity index (χ1n) is 6.52. The Labute approximate surface area is 108 Å². The van der Waals surface area contributed by atoms with Gasteiger partial charge in [0.15, 0.2) is 0 Å². The number of hydrogen-bond acceptors (Lipinski definition) is 4. The number of para-hydroxylation sites is 1. The molecule has 0 saturated carbocycles. The Morgan fingerprint density at radius 3 is 2.72 bits per heavy atom. The van der Waals surface area contributed by atoms with E-state index in [1.54, 1.807) is 0 Å².